The first-order valence-electron chi connectivity index (χ1n) is 12.7. The maximum atomic E-state index is 12.0. The van der Waals surface area contributed by atoms with Crippen molar-refractivity contribution in [1.29, 1.82) is 0 Å². The topological polar surface area (TPSA) is 101 Å². The molecular weight excluding hydrogens is 547 g/mol. The number of thiophene rings is 2. The third-order valence-corrected chi connectivity index (χ3v) is 9.54. The third kappa shape index (κ3) is 9.56. The van der Waals surface area contributed by atoms with Crippen molar-refractivity contribution in [2.75, 3.05) is 26.4 Å². The van der Waals surface area contributed by atoms with Gasteiger partial charge in [-0.2, -0.15) is 8.42 Å². The standard InChI is InChI=1S/C25H36O8S3.Na.H/c1-18(9-10-29-11-20-13-31-22-15-35-17-24(22)33-20)25(36(26,27)28)8-6-4-2-3-5-7-19-12-30-21-14-34-16-23(21)32-19;;/h14-20,25H,2-13H2,1H3,(H,26,27,28);;/q;+1;-1. The van der Waals surface area contributed by atoms with Crippen LogP contribution in [-0.2, 0) is 14.9 Å². The molecule has 0 aromatic carbocycles. The second kappa shape index (κ2) is 15.3. The van der Waals surface area contributed by atoms with E-state index in [4.69, 9.17) is 23.7 Å². The van der Waals surface area contributed by atoms with Crippen molar-refractivity contribution in [2.24, 2.45) is 5.92 Å². The molecule has 12 heteroatoms. The van der Waals surface area contributed by atoms with Crippen molar-refractivity contribution in [2.45, 2.75) is 75.7 Å². The number of hydrogen-bond acceptors (Lipinski definition) is 9. The molecular formula is C25H37NaO8S3. The fourth-order valence-electron chi connectivity index (χ4n) is 4.59. The molecule has 8 nitrogen and oxygen atoms in total. The van der Waals surface area contributed by atoms with Gasteiger partial charge in [-0.05, 0) is 31.6 Å². The van der Waals surface area contributed by atoms with Crippen molar-refractivity contribution in [1.82, 2.24) is 0 Å². The second-order valence-electron chi connectivity index (χ2n) is 9.54. The summed E-state index contributed by atoms with van der Waals surface area (Å²) in [4.78, 5) is 0. The summed E-state index contributed by atoms with van der Waals surface area (Å²) in [7, 11) is -4.11. The van der Waals surface area contributed by atoms with Gasteiger partial charge in [0, 0.05) is 28.1 Å². The number of unbranched alkanes of at least 4 members (excludes halogenated alkanes) is 4. The molecule has 0 fully saturated rings. The van der Waals surface area contributed by atoms with Gasteiger partial charge < -0.3 is 25.1 Å². The summed E-state index contributed by atoms with van der Waals surface area (Å²) in [6.07, 6.45) is 6.74. The van der Waals surface area contributed by atoms with Crippen LogP contribution in [0.3, 0.4) is 0 Å². The van der Waals surface area contributed by atoms with Gasteiger partial charge in [-0.3, -0.25) is 4.55 Å². The summed E-state index contributed by atoms with van der Waals surface area (Å²) in [5.41, 5.74) is 0. The molecule has 2 aromatic rings. The van der Waals surface area contributed by atoms with Crippen molar-refractivity contribution in [3.8, 4) is 23.0 Å². The average molecular weight is 585 g/mol. The molecule has 1 N–H and O–H groups in total. The van der Waals surface area contributed by atoms with Gasteiger partial charge >= 0.3 is 29.6 Å². The normalized spacial score (nSPS) is 20.2. The average Bonchev–Trinajstić information content (AvgIpc) is 3.51. The molecule has 0 radical (unpaired) electrons. The van der Waals surface area contributed by atoms with E-state index in [0.717, 1.165) is 61.5 Å². The summed E-state index contributed by atoms with van der Waals surface area (Å²) in [6.45, 7) is 3.68. The fourth-order valence-corrected chi connectivity index (χ4v) is 7.12. The van der Waals surface area contributed by atoms with Crippen LogP contribution < -0.4 is 48.5 Å². The molecule has 0 saturated carbocycles. The SMILES string of the molecule is CC(CCOCC1COc2cscc2O1)C(CCCCCCCC1COc2cscc2O1)S(=O)(=O)O.[H-].[Na+]. The van der Waals surface area contributed by atoms with Gasteiger partial charge in [0.1, 0.15) is 19.3 Å². The van der Waals surface area contributed by atoms with Gasteiger partial charge in [0.05, 0.1) is 11.9 Å². The van der Waals surface area contributed by atoms with Crippen LogP contribution in [0.4, 0.5) is 0 Å². The van der Waals surface area contributed by atoms with E-state index in [0.29, 0.717) is 39.3 Å². The smallest absolute Gasteiger partial charge is 1.00 e. The first kappa shape index (κ1) is 31.0. The van der Waals surface area contributed by atoms with Crippen molar-refractivity contribution in [3.05, 3.63) is 21.5 Å². The maximum Gasteiger partial charge on any atom is 1.00 e. The molecule has 2 aliphatic heterocycles. The molecule has 4 rings (SSSR count). The summed E-state index contributed by atoms with van der Waals surface area (Å²) >= 11 is 3.11. The van der Waals surface area contributed by atoms with Gasteiger partial charge in [0.15, 0.2) is 29.1 Å². The Balaban J connectivity index is 0.00000253. The Morgan fingerprint density at radius 1 is 0.919 bits per heavy atom. The molecule has 204 valence electrons. The van der Waals surface area contributed by atoms with E-state index < -0.39 is 15.4 Å². The van der Waals surface area contributed by atoms with Gasteiger partial charge in [0.25, 0.3) is 10.1 Å². The number of ether oxygens (including phenoxy) is 5. The Morgan fingerprint density at radius 3 is 2.16 bits per heavy atom. The zero-order chi connectivity index (χ0) is 25.4. The van der Waals surface area contributed by atoms with Crippen LogP contribution in [0.5, 0.6) is 23.0 Å². The van der Waals surface area contributed by atoms with E-state index in [-0.39, 0.29) is 49.1 Å². The fraction of sp³-hybridized carbons (Fsp3) is 0.680. The van der Waals surface area contributed by atoms with Crippen molar-refractivity contribution >= 4 is 32.8 Å². The number of rotatable bonds is 15. The Hall–Kier alpha value is -0.530. The molecule has 0 amide bonds. The summed E-state index contributed by atoms with van der Waals surface area (Å²) < 4.78 is 62.7. The quantitative estimate of drug-likeness (QED) is 0.194. The minimum atomic E-state index is -4.11. The molecule has 0 bridgehead atoms. The van der Waals surface area contributed by atoms with Crippen molar-refractivity contribution < 1.29 is 67.6 Å². The minimum Gasteiger partial charge on any atom is -1.00 e. The van der Waals surface area contributed by atoms with Crippen LogP contribution in [0.15, 0.2) is 21.5 Å². The van der Waals surface area contributed by atoms with Gasteiger partial charge in [-0.25, -0.2) is 0 Å². The number of hydrogen-bond donors (Lipinski definition) is 1. The molecule has 4 heterocycles. The largest absolute Gasteiger partial charge is 1.00 e. The number of fused-ring (bicyclic) bond motifs is 2. The molecule has 4 atom stereocenters. The summed E-state index contributed by atoms with van der Waals surface area (Å²) in [6, 6.07) is 0. The predicted molar refractivity (Wildman–Crippen MR) is 142 cm³/mol. The monoisotopic (exact) mass is 584 g/mol. The Bertz CT molecular complexity index is 1050. The van der Waals surface area contributed by atoms with Crippen molar-refractivity contribution in [3.63, 3.8) is 0 Å². The molecule has 0 saturated heterocycles. The Morgan fingerprint density at radius 2 is 1.49 bits per heavy atom. The Kier molecular flexibility index (Phi) is 12.8. The van der Waals surface area contributed by atoms with Crippen LogP contribution >= 0.6 is 22.7 Å². The summed E-state index contributed by atoms with van der Waals surface area (Å²) in [5, 5.41) is 6.97. The first-order chi connectivity index (χ1) is 17.4. The first-order valence-corrected chi connectivity index (χ1v) is 16.0. The van der Waals surface area contributed by atoms with Crippen LogP contribution in [0.1, 0.15) is 59.7 Å². The molecule has 0 aliphatic carbocycles. The van der Waals surface area contributed by atoms with Crippen LogP contribution in [0, 0.1) is 5.92 Å². The molecule has 37 heavy (non-hydrogen) atoms. The molecule has 2 aliphatic rings. The van der Waals surface area contributed by atoms with E-state index in [1.54, 1.807) is 11.3 Å². The predicted octanol–water partition coefficient (Wildman–Crippen LogP) is 2.94. The van der Waals surface area contributed by atoms with E-state index in [2.05, 4.69) is 0 Å². The zero-order valence-corrected chi connectivity index (χ0v) is 26.1. The maximum absolute atomic E-state index is 12.0. The van der Waals surface area contributed by atoms with E-state index in [9.17, 15) is 13.0 Å². The van der Waals surface area contributed by atoms with Gasteiger partial charge in [0.2, 0.25) is 0 Å². The minimum absolute atomic E-state index is 0. The van der Waals surface area contributed by atoms with Crippen LogP contribution in [0.2, 0.25) is 0 Å². The molecule has 4 unspecified atom stereocenters. The van der Waals surface area contributed by atoms with E-state index in [1.165, 1.54) is 11.3 Å². The molecule has 2 aromatic heterocycles. The third-order valence-electron chi connectivity index (χ3n) is 6.68. The zero-order valence-electron chi connectivity index (χ0n) is 22.6. The van der Waals surface area contributed by atoms with Crippen LogP contribution in [-0.4, -0.2) is 56.9 Å². The van der Waals surface area contributed by atoms with E-state index in [1.807, 2.05) is 28.4 Å². The van der Waals surface area contributed by atoms with Gasteiger partial charge in [-0.15, -0.1) is 22.7 Å². The Labute approximate surface area is 251 Å². The van der Waals surface area contributed by atoms with Crippen LogP contribution in [0.25, 0.3) is 0 Å². The second-order valence-corrected chi connectivity index (χ2v) is 12.7. The molecule has 0 spiro atoms. The van der Waals surface area contributed by atoms with Gasteiger partial charge in [-0.1, -0.05) is 32.6 Å². The summed E-state index contributed by atoms with van der Waals surface area (Å²) in [5.74, 6) is 3.01. The van der Waals surface area contributed by atoms with E-state index >= 15 is 0 Å².